The van der Waals surface area contributed by atoms with Gasteiger partial charge in [0.15, 0.2) is 0 Å². The van der Waals surface area contributed by atoms with Crippen LogP contribution in [0.25, 0.3) is 0 Å². The summed E-state index contributed by atoms with van der Waals surface area (Å²) < 4.78 is 0. The summed E-state index contributed by atoms with van der Waals surface area (Å²) in [5.41, 5.74) is 0. The van der Waals surface area contributed by atoms with Crippen molar-refractivity contribution in [2.75, 3.05) is 0 Å². The van der Waals surface area contributed by atoms with Gasteiger partial charge in [-0.15, -0.1) is 0 Å². The average molecular weight is 101 g/mol. The van der Waals surface area contributed by atoms with Gasteiger partial charge < -0.3 is 0 Å². The predicted octanol–water partition coefficient (Wildman–Crippen LogP) is 0.745. The molecule has 0 atom stereocenters. The maximum absolute atomic E-state index is 3.84. The minimum absolute atomic E-state index is 1.06. The van der Waals surface area contributed by atoms with Crippen LogP contribution in [0.4, 0.5) is 0 Å². The fourth-order valence-electron chi connectivity index (χ4n) is 0. The first kappa shape index (κ1) is 4.38. The van der Waals surface area contributed by atoms with Crippen molar-refractivity contribution in [3.05, 3.63) is 0 Å². The van der Waals surface area contributed by atoms with Crippen LogP contribution in [0.15, 0.2) is 0 Å². The van der Waals surface area contributed by atoms with E-state index in [0.717, 1.165) is 6.42 Å². The van der Waals surface area contributed by atoms with E-state index in [1.165, 1.54) is 0 Å². The SMILES string of the molecule is CC[CH]=[Co]. The van der Waals surface area contributed by atoms with Gasteiger partial charge in [-0.25, -0.2) is 0 Å². The molecule has 0 fully saturated rings. The van der Waals surface area contributed by atoms with Gasteiger partial charge in [0.25, 0.3) is 0 Å². The first-order valence-corrected chi connectivity index (χ1v) is 1.91. The standard InChI is InChI=1S/C3H6.Co/c1-3-2;/h1H,3H2,2H3;. The molecule has 0 bridgehead atoms. The van der Waals surface area contributed by atoms with Crippen LogP contribution in [0.5, 0.6) is 0 Å². The summed E-state index contributed by atoms with van der Waals surface area (Å²) in [4.78, 5) is 1.81. The molecule has 0 radical (unpaired) electrons. The second kappa shape index (κ2) is 3.38. The molecule has 27 valence electrons. The Kier molecular flexibility index (Phi) is 3.69. The second-order valence-corrected chi connectivity index (χ2v) is 0.969. The van der Waals surface area contributed by atoms with Crippen LogP contribution in [0, 0.1) is 0 Å². The second-order valence-electron chi connectivity index (χ2n) is 0.544. The summed E-state index contributed by atoms with van der Waals surface area (Å²) in [5, 5.41) is 0. The molecule has 0 saturated carbocycles. The Morgan fingerprint density at radius 1 is 2.00 bits per heavy atom. The molecule has 1 heteroatoms. The predicted molar refractivity (Wildman–Crippen MR) is 16.4 cm³/mol. The average Bonchev–Trinajstić information content (AvgIpc) is 1.37. The normalized spacial score (nSPS) is 6.50. The van der Waals surface area contributed by atoms with Crippen LogP contribution in [0.2, 0.25) is 0 Å². The Labute approximate surface area is 34.3 Å². The molecule has 0 aromatic carbocycles. The molecule has 0 N–H and O–H groups in total. The van der Waals surface area contributed by atoms with Crippen molar-refractivity contribution in [1.29, 1.82) is 0 Å². The number of hydrogen-bond acceptors (Lipinski definition) is 0. The quantitative estimate of drug-likeness (QED) is 0.457. The zero-order valence-corrected chi connectivity index (χ0v) is 3.66. The Morgan fingerprint density at radius 3 is 2.25 bits per heavy atom. The molecule has 0 rings (SSSR count). The van der Waals surface area contributed by atoms with Gasteiger partial charge in [-0.3, -0.25) is 0 Å². The molecule has 0 aliphatic carbocycles. The van der Waals surface area contributed by atoms with Crippen molar-refractivity contribution in [2.45, 2.75) is 13.3 Å². The molecule has 0 aliphatic heterocycles. The van der Waals surface area contributed by atoms with Crippen LogP contribution in [0.3, 0.4) is 0 Å². The molecule has 0 saturated heterocycles. The van der Waals surface area contributed by atoms with Crippen LogP contribution in [-0.4, -0.2) is 4.96 Å². The summed E-state index contributed by atoms with van der Waals surface area (Å²) in [6.45, 7) is 2.05. The third-order valence-corrected chi connectivity index (χ3v) is 0.561. The third-order valence-electron chi connectivity index (χ3n) is 0.136. The summed E-state index contributed by atoms with van der Waals surface area (Å²) in [6.07, 6.45) is 1.06. The molecule has 0 aromatic heterocycles. The maximum atomic E-state index is 3.84. The Hall–Kier alpha value is 0.376. The van der Waals surface area contributed by atoms with Gasteiger partial charge in [-0.1, -0.05) is 0 Å². The molecule has 0 amide bonds. The molecule has 0 nitrogen and oxygen atoms in total. The van der Waals surface area contributed by atoms with Gasteiger partial charge in [0.2, 0.25) is 0 Å². The van der Waals surface area contributed by atoms with Gasteiger partial charge in [-0.05, 0) is 0 Å². The van der Waals surface area contributed by atoms with E-state index in [2.05, 4.69) is 15.3 Å². The van der Waals surface area contributed by atoms with E-state index in [0.29, 0.717) is 0 Å². The third kappa shape index (κ3) is 2.38. The van der Waals surface area contributed by atoms with Gasteiger partial charge in [0.1, 0.15) is 0 Å². The van der Waals surface area contributed by atoms with E-state index in [9.17, 15) is 0 Å². The van der Waals surface area contributed by atoms with Crippen molar-refractivity contribution in [2.24, 2.45) is 0 Å². The fourth-order valence-corrected chi connectivity index (χ4v) is 0. The van der Waals surface area contributed by atoms with Crippen LogP contribution in [-0.2, 0) is 15.3 Å². The first-order chi connectivity index (χ1) is 1.91. The van der Waals surface area contributed by atoms with Gasteiger partial charge in [-0.2, -0.15) is 0 Å². The zero-order chi connectivity index (χ0) is 3.41. The molecule has 0 spiro atoms. The van der Waals surface area contributed by atoms with Gasteiger partial charge in [0.05, 0.1) is 0 Å². The summed E-state index contributed by atoms with van der Waals surface area (Å²) in [5.74, 6) is 0. The Morgan fingerprint density at radius 2 is 2.25 bits per heavy atom. The fraction of sp³-hybridized carbons (Fsp3) is 0.667. The molecular formula is C3H6Co. The molecule has 4 heavy (non-hydrogen) atoms. The molecular weight excluding hydrogens is 95.0 g/mol. The number of rotatable bonds is 1. The minimum atomic E-state index is 1.06. The Bertz CT molecular complexity index is 17.2. The zero-order valence-electron chi connectivity index (χ0n) is 2.62. The first-order valence-electron chi connectivity index (χ1n) is 1.31. The van der Waals surface area contributed by atoms with Crippen molar-refractivity contribution in [1.82, 2.24) is 0 Å². The molecule has 0 heterocycles. The Balaban J connectivity index is 2.30. The number of hydrogen-bond donors (Lipinski definition) is 0. The van der Waals surface area contributed by atoms with Crippen molar-refractivity contribution in [3.8, 4) is 0 Å². The van der Waals surface area contributed by atoms with Gasteiger partial charge >= 0.3 is 33.6 Å². The van der Waals surface area contributed by atoms with E-state index < -0.39 is 0 Å². The van der Waals surface area contributed by atoms with Crippen LogP contribution < -0.4 is 0 Å². The molecule has 0 aliphatic rings. The van der Waals surface area contributed by atoms with E-state index in [4.69, 9.17) is 0 Å². The van der Waals surface area contributed by atoms with E-state index in [1.54, 1.807) is 0 Å². The van der Waals surface area contributed by atoms with Crippen molar-refractivity contribution < 1.29 is 15.3 Å². The van der Waals surface area contributed by atoms with E-state index >= 15 is 0 Å². The van der Waals surface area contributed by atoms with Crippen LogP contribution in [0.1, 0.15) is 13.3 Å². The summed E-state index contributed by atoms with van der Waals surface area (Å²) in [6, 6.07) is 0. The molecule has 0 aromatic rings. The van der Waals surface area contributed by atoms with Crippen LogP contribution >= 0.6 is 0 Å². The van der Waals surface area contributed by atoms with Crippen molar-refractivity contribution >= 4 is 4.96 Å². The molecule has 0 unspecified atom stereocenters. The summed E-state index contributed by atoms with van der Waals surface area (Å²) >= 11 is 3.84. The van der Waals surface area contributed by atoms with Crippen molar-refractivity contribution in [3.63, 3.8) is 0 Å². The van der Waals surface area contributed by atoms with E-state index in [-0.39, 0.29) is 0 Å². The monoisotopic (exact) mass is 101 g/mol. The van der Waals surface area contributed by atoms with Gasteiger partial charge in [0, 0.05) is 0 Å². The topological polar surface area (TPSA) is 0 Å². The summed E-state index contributed by atoms with van der Waals surface area (Å²) in [7, 11) is 0. The van der Waals surface area contributed by atoms with E-state index in [1.807, 2.05) is 11.9 Å².